The number of nitro groups is 1. The van der Waals surface area contributed by atoms with Crippen LogP contribution in [0.3, 0.4) is 0 Å². The van der Waals surface area contributed by atoms with Gasteiger partial charge in [0.2, 0.25) is 0 Å². The van der Waals surface area contributed by atoms with Crippen molar-refractivity contribution in [2.75, 3.05) is 0 Å². The van der Waals surface area contributed by atoms with Gasteiger partial charge in [0.05, 0.1) is 10.5 Å². The molecule has 7 heteroatoms. The maximum Gasteiger partial charge on any atom is 0.336 e. The molecule has 2 rings (SSSR count). The molecule has 0 bridgehead atoms. The third-order valence-electron chi connectivity index (χ3n) is 3.15. The van der Waals surface area contributed by atoms with Crippen molar-refractivity contribution in [3.63, 3.8) is 0 Å². The van der Waals surface area contributed by atoms with Crippen molar-refractivity contribution in [3.8, 4) is 5.75 Å². The van der Waals surface area contributed by atoms with Gasteiger partial charge in [0.25, 0.3) is 5.69 Å². The molecule has 2 aromatic rings. The highest BCUT2D eigenvalue weighted by Gasteiger charge is 2.14. The summed E-state index contributed by atoms with van der Waals surface area (Å²) >= 11 is 0. The third-order valence-corrected chi connectivity index (χ3v) is 3.15. The molecule has 0 unspecified atom stereocenters. The maximum atomic E-state index is 11.4. The first-order valence-electron chi connectivity index (χ1n) is 6.63. The van der Waals surface area contributed by atoms with Gasteiger partial charge in [-0.05, 0) is 42.8 Å². The number of hydrogen-bond donors (Lipinski definition) is 1. The molecule has 0 saturated carbocycles. The molecule has 0 spiro atoms. The first kappa shape index (κ1) is 16.2. The summed E-state index contributed by atoms with van der Waals surface area (Å²) in [4.78, 5) is 32.6. The summed E-state index contributed by atoms with van der Waals surface area (Å²) in [5, 5.41) is 19.7. The van der Waals surface area contributed by atoms with E-state index in [4.69, 9.17) is 9.84 Å². The number of carboxylic acids is 1. The van der Waals surface area contributed by atoms with E-state index in [1.165, 1.54) is 37.3 Å². The zero-order valence-corrected chi connectivity index (χ0v) is 12.2. The largest absolute Gasteiger partial charge is 0.489 e. The lowest BCUT2D eigenvalue weighted by Gasteiger charge is -2.09. The van der Waals surface area contributed by atoms with Crippen molar-refractivity contribution in [2.24, 2.45) is 0 Å². The Labute approximate surface area is 131 Å². The molecule has 0 amide bonds. The Bertz CT molecular complexity index is 767. The van der Waals surface area contributed by atoms with E-state index in [1.807, 2.05) is 0 Å². The summed E-state index contributed by atoms with van der Waals surface area (Å²) in [6.45, 7) is 1.41. The van der Waals surface area contributed by atoms with Crippen molar-refractivity contribution in [1.29, 1.82) is 0 Å². The minimum Gasteiger partial charge on any atom is -0.489 e. The van der Waals surface area contributed by atoms with Crippen LogP contribution in [0.2, 0.25) is 0 Å². The van der Waals surface area contributed by atoms with E-state index in [9.17, 15) is 19.7 Å². The zero-order valence-electron chi connectivity index (χ0n) is 12.2. The molecule has 0 fully saturated rings. The predicted octanol–water partition coefficient (Wildman–Crippen LogP) is 3.07. The second-order valence-electron chi connectivity index (χ2n) is 4.78. The molecule has 0 aliphatic heterocycles. The van der Waals surface area contributed by atoms with E-state index in [0.717, 1.165) is 0 Å². The first-order valence-corrected chi connectivity index (χ1v) is 6.63. The summed E-state index contributed by atoms with van der Waals surface area (Å²) in [5.41, 5.74) is 0.662. The van der Waals surface area contributed by atoms with Crippen molar-refractivity contribution in [1.82, 2.24) is 0 Å². The van der Waals surface area contributed by atoms with Crippen molar-refractivity contribution in [3.05, 3.63) is 69.3 Å². The number of nitrogens with zero attached hydrogens (tertiary/aromatic N) is 1. The number of carbonyl (C=O) groups is 2. The lowest BCUT2D eigenvalue weighted by atomic mass is 10.0. The fraction of sp³-hybridized carbons (Fsp3) is 0.125. The van der Waals surface area contributed by atoms with Crippen LogP contribution in [0.25, 0.3) is 0 Å². The molecule has 0 radical (unpaired) electrons. The minimum absolute atomic E-state index is 0.0206. The lowest BCUT2D eigenvalue weighted by molar-refractivity contribution is -0.384. The molecule has 118 valence electrons. The van der Waals surface area contributed by atoms with Gasteiger partial charge < -0.3 is 9.84 Å². The Morgan fingerprint density at radius 2 is 1.78 bits per heavy atom. The fourth-order valence-corrected chi connectivity index (χ4v) is 1.98. The minimum atomic E-state index is -1.21. The molecule has 1 N–H and O–H groups in total. The van der Waals surface area contributed by atoms with Gasteiger partial charge in [-0.3, -0.25) is 14.9 Å². The van der Waals surface area contributed by atoms with E-state index < -0.39 is 10.9 Å². The molecule has 0 aliphatic carbocycles. The highest BCUT2D eigenvalue weighted by Crippen LogP contribution is 2.20. The number of ether oxygens (including phenoxy) is 1. The number of aromatic carboxylic acids is 1. The van der Waals surface area contributed by atoms with Crippen molar-refractivity contribution >= 4 is 17.4 Å². The van der Waals surface area contributed by atoms with E-state index in [0.29, 0.717) is 11.3 Å². The number of benzene rings is 2. The zero-order chi connectivity index (χ0) is 17.0. The maximum absolute atomic E-state index is 11.4. The summed E-state index contributed by atoms with van der Waals surface area (Å²) < 4.78 is 5.47. The number of carboxylic acid groups (broad SMARTS) is 1. The number of hydrogen-bond acceptors (Lipinski definition) is 5. The van der Waals surface area contributed by atoms with Gasteiger partial charge in [0.15, 0.2) is 5.78 Å². The molecule has 23 heavy (non-hydrogen) atoms. The SMILES string of the molecule is CC(=O)c1ccc(OCc2ccc([N+](=O)[O-])cc2)cc1C(=O)O. The van der Waals surface area contributed by atoms with Gasteiger partial charge in [-0.25, -0.2) is 4.79 Å². The molecule has 0 saturated heterocycles. The van der Waals surface area contributed by atoms with Crippen LogP contribution in [0, 0.1) is 10.1 Å². The Kier molecular flexibility index (Phi) is 4.70. The van der Waals surface area contributed by atoms with Gasteiger partial charge >= 0.3 is 5.97 Å². The number of Topliss-reactive ketones (excluding diaryl/α,β-unsaturated/α-hetero) is 1. The summed E-state index contributed by atoms with van der Waals surface area (Å²) in [5.74, 6) is -1.26. The van der Waals surface area contributed by atoms with Gasteiger partial charge in [0, 0.05) is 17.7 Å². The van der Waals surface area contributed by atoms with Crippen LogP contribution in [0.1, 0.15) is 33.2 Å². The molecule has 7 nitrogen and oxygen atoms in total. The smallest absolute Gasteiger partial charge is 0.336 e. The number of nitro benzene ring substituents is 1. The molecule has 0 aliphatic rings. The monoisotopic (exact) mass is 315 g/mol. The van der Waals surface area contributed by atoms with Gasteiger partial charge in [-0.15, -0.1) is 0 Å². The van der Waals surface area contributed by atoms with E-state index in [2.05, 4.69) is 0 Å². The van der Waals surface area contributed by atoms with Crippen LogP contribution in [0.5, 0.6) is 5.75 Å². The van der Waals surface area contributed by atoms with Crippen molar-refractivity contribution in [2.45, 2.75) is 13.5 Å². The topological polar surface area (TPSA) is 107 Å². The Morgan fingerprint density at radius 3 is 2.30 bits per heavy atom. The highest BCUT2D eigenvalue weighted by atomic mass is 16.6. The van der Waals surface area contributed by atoms with Crippen LogP contribution in [0.4, 0.5) is 5.69 Å². The van der Waals surface area contributed by atoms with Crippen LogP contribution >= 0.6 is 0 Å². The Morgan fingerprint density at radius 1 is 1.13 bits per heavy atom. The summed E-state index contributed by atoms with van der Waals surface area (Å²) in [6.07, 6.45) is 0. The molecule has 2 aromatic carbocycles. The Hall–Kier alpha value is -3.22. The normalized spacial score (nSPS) is 10.1. The van der Waals surface area contributed by atoms with E-state index in [-0.39, 0.29) is 29.2 Å². The summed E-state index contributed by atoms with van der Waals surface area (Å²) in [6, 6.07) is 10.0. The number of non-ortho nitro benzene ring substituents is 1. The second-order valence-corrected chi connectivity index (χ2v) is 4.78. The van der Waals surface area contributed by atoms with Crippen molar-refractivity contribution < 1.29 is 24.4 Å². The lowest BCUT2D eigenvalue weighted by Crippen LogP contribution is -2.07. The van der Waals surface area contributed by atoms with Crippen LogP contribution in [0.15, 0.2) is 42.5 Å². The number of rotatable bonds is 6. The standard InChI is InChI=1S/C16H13NO6/c1-10(18)14-7-6-13(8-15(14)16(19)20)23-9-11-2-4-12(5-3-11)17(21)22/h2-8H,9H2,1H3,(H,19,20). The van der Waals surface area contributed by atoms with Gasteiger partial charge in [-0.2, -0.15) is 0 Å². The molecular weight excluding hydrogens is 302 g/mol. The quantitative estimate of drug-likeness (QED) is 0.498. The van der Waals surface area contributed by atoms with Gasteiger partial charge in [0.1, 0.15) is 12.4 Å². The fourth-order valence-electron chi connectivity index (χ4n) is 1.98. The molecule has 0 atom stereocenters. The average Bonchev–Trinajstić information content (AvgIpc) is 2.52. The summed E-state index contributed by atoms with van der Waals surface area (Å²) in [7, 11) is 0. The second kappa shape index (κ2) is 6.69. The van der Waals surface area contributed by atoms with Crippen LogP contribution < -0.4 is 4.74 Å². The first-order chi connectivity index (χ1) is 10.9. The Balaban J connectivity index is 2.14. The van der Waals surface area contributed by atoms with Crippen LogP contribution in [-0.4, -0.2) is 21.8 Å². The number of carbonyl (C=O) groups excluding carboxylic acids is 1. The van der Waals surface area contributed by atoms with Crippen LogP contribution in [-0.2, 0) is 6.61 Å². The molecular formula is C16H13NO6. The average molecular weight is 315 g/mol. The highest BCUT2D eigenvalue weighted by molar-refractivity contribution is 6.05. The number of ketones is 1. The predicted molar refractivity (Wildman–Crippen MR) is 80.8 cm³/mol. The third kappa shape index (κ3) is 3.91. The molecule has 0 heterocycles. The van der Waals surface area contributed by atoms with E-state index >= 15 is 0 Å². The van der Waals surface area contributed by atoms with Gasteiger partial charge in [-0.1, -0.05) is 0 Å². The molecule has 0 aromatic heterocycles. The van der Waals surface area contributed by atoms with E-state index in [1.54, 1.807) is 12.1 Å².